The standard InChI is InChI=1S/C34H42N4O5/c1-33(2,3)42-31(40)38(32(41)43-34(4,5)6)30-18-17-28(35-36-30)26-14-10-11-23(19-26)21-37(7)22-29(39)27-16-15-24-12-8-9-13-25(24)20-27/h8-17,19-20,29-30,39H,18,21-22H2,1-7H3. The number of rotatable bonds is 7. The number of likely N-dealkylation sites (N-methyl/N-ethyl adjacent to an activating group) is 1. The van der Waals surface area contributed by atoms with E-state index in [0.29, 0.717) is 18.8 Å². The average molecular weight is 587 g/mol. The molecule has 0 spiro atoms. The zero-order chi connectivity index (χ0) is 31.4. The van der Waals surface area contributed by atoms with Gasteiger partial charge in [-0.05, 0) is 82.6 Å². The lowest BCUT2D eigenvalue weighted by atomic mass is 10.0. The van der Waals surface area contributed by atoms with Crippen LogP contribution in [0.2, 0.25) is 0 Å². The zero-order valence-corrected chi connectivity index (χ0v) is 26.1. The van der Waals surface area contributed by atoms with E-state index in [1.807, 2.05) is 73.8 Å². The quantitative estimate of drug-likeness (QED) is 0.304. The average Bonchev–Trinajstić information content (AvgIpc) is 2.91. The van der Waals surface area contributed by atoms with Crippen molar-refractivity contribution in [1.82, 2.24) is 9.80 Å². The van der Waals surface area contributed by atoms with Crippen molar-refractivity contribution in [2.24, 2.45) is 10.2 Å². The minimum absolute atomic E-state index is 0.263. The Bertz CT molecular complexity index is 1490. The molecule has 2 amide bonds. The molecule has 4 rings (SSSR count). The monoisotopic (exact) mass is 586 g/mol. The van der Waals surface area contributed by atoms with Crippen LogP contribution in [0.3, 0.4) is 0 Å². The molecule has 2 unspecified atom stereocenters. The van der Waals surface area contributed by atoms with Gasteiger partial charge in [-0.25, -0.2) is 9.59 Å². The number of hydrogen-bond donors (Lipinski definition) is 1. The molecule has 3 aromatic rings. The predicted molar refractivity (Wildman–Crippen MR) is 167 cm³/mol. The Balaban J connectivity index is 1.42. The van der Waals surface area contributed by atoms with Gasteiger partial charge in [0.2, 0.25) is 0 Å². The van der Waals surface area contributed by atoms with Crippen LogP contribution in [-0.4, -0.2) is 58.1 Å². The summed E-state index contributed by atoms with van der Waals surface area (Å²) in [6, 6.07) is 22.1. The largest absolute Gasteiger partial charge is 0.443 e. The lowest BCUT2D eigenvalue weighted by Gasteiger charge is -2.31. The van der Waals surface area contributed by atoms with Gasteiger partial charge in [-0.3, -0.25) is 4.90 Å². The van der Waals surface area contributed by atoms with Crippen LogP contribution in [0.25, 0.3) is 16.5 Å². The fourth-order valence-electron chi connectivity index (χ4n) is 4.73. The summed E-state index contributed by atoms with van der Waals surface area (Å²) >= 11 is 0. The van der Waals surface area contributed by atoms with Crippen LogP contribution >= 0.6 is 0 Å². The molecule has 43 heavy (non-hydrogen) atoms. The molecule has 0 bridgehead atoms. The Morgan fingerprint density at radius 2 is 1.56 bits per heavy atom. The first-order valence-electron chi connectivity index (χ1n) is 14.5. The van der Waals surface area contributed by atoms with Crippen molar-refractivity contribution in [3.63, 3.8) is 0 Å². The molecule has 2 atom stereocenters. The van der Waals surface area contributed by atoms with E-state index < -0.39 is 35.7 Å². The number of benzene rings is 3. The number of aliphatic hydroxyl groups excluding tert-OH is 1. The highest BCUT2D eigenvalue weighted by molar-refractivity contribution is 5.88. The van der Waals surface area contributed by atoms with Crippen LogP contribution in [0.5, 0.6) is 0 Å². The number of hydrogen-bond acceptors (Lipinski definition) is 8. The summed E-state index contributed by atoms with van der Waals surface area (Å²) < 4.78 is 10.9. The van der Waals surface area contributed by atoms with Crippen LogP contribution in [0.1, 0.15) is 70.8 Å². The first-order valence-corrected chi connectivity index (χ1v) is 14.5. The zero-order valence-electron chi connectivity index (χ0n) is 26.1. The van der Waals surface area contributed by atoms with Gasteiger partial charge in [0, 0.05) is 25.1 Å². The Hall–Kier alpha value is -4.08. The van der Waals surface area contributed by atoms with E-state index >= 15 is 0 Å². The maximum absolute atomic E-state index is 13.0. The Labute approximate surface area is 253 Å². The van der Waals surface area contributed by atoms with Gasteiger partial charge < -0.3 is 14.6 Å². The van der Waals surface area contributed by atoms with Crippen molar-refractivity contribution in [3.8, 4) is 0 Å². The molecule has 3 aromatic carbocycles. The van der Waals surface area contributed by atoms with Crippen molar-refractivity contribution in [1.29, 1.82) is 0 Å². The van der Waals surface area contributed by atoms with E-state index in [4.69, 9.17) is 9.47 Å². The molecule has 1 aliphatic rings. The summed E-state index contributed by atoms with van der Waals surface area (Å²) in [5, 5.41) is 21.8. The summed E-state index contributed by atoms with van der Waals surface area (Å²) in [6.07, 6.45) is -1.07. The molecule has 9 nitrogen and oxygen atoms in total. The Morgan fingerprint density at radius 1 is 0.907 bits per heavy atom. The van der Waals surface area contributed by atoms with Crippen molar-refractivity contribution >= 4 is 28.7 Å². The molecule has 0 aromatic heterocycles. The third kappa shape index (κ3) is 8.95. The third-order valence-electron chi connectivity index (χ3n) is 6.62. The highest BCUT2D eigenvalue weighted by atomic mass is 16.6. The van der Waals surface area contributed by atoms with E-state index in [1.165, 1.54) is 0 Å². The molecule has 0 radical (unpaired) electrons. The minimum atomic E-state index is -0.889. The van der Waals surface area contributed by atoms with Gasteiger partial charge >= 0.3 is 12.2 Å². The van der Waals surface area contributed by atoms with Gasteiger partial charge in [0.1, 0.15) is 11.2 Å². The van der Waals surface area contributed by atoms with Gasteiger partial charge in [0.15, 0.2) is 6.17 Å². The summed E-state index contributed by atoms with van der Waals surface area (Å²) in [5.74, 6) is 0. The molecule has 0 fully saturated rings. The molecule has 1 aliphatic heterocycles. The van der Waals surface area contributed by atoms with E-state index in [1.54, 1.807) is 41.5 Å². The third-order valence-corrected chi connectivity index (χ3v) is 6.62. The second-order valence-corrected chi connectivity index (χ2v) is 12.9. The second kappa shape index (κ2) is 13.1. The number of azo groups is 1. The lowest BCUT2D eigenvalue weighted by molar-refractivity contribution is -0.00707. The number of carbonyl (C=O) groups is 2. The van der Waals surface area contributed by atoms with Crippen molar-refractivity contribution in [2.45, 2.75) is 78.0 Å². The molecule has 228 valence electrons. The van der Waals surface area contributed by atoms with Crippen molar-refractivity contribution in [3.05, 3.63) is 89.5 Å². The van der Waals surface area contributed by atoms with Crippen LogP contribution in [0, 0.1) is 0 Å². The first-order chi connectivity index (χ1) is 20.2. The molecular formula is C34H42N4O5. The van der Waals surface area contributed by atoms with Crippen LogP contribution < -0.4 is 0 Å². The van der Waals surface area contributed by atoms with Gasteiger partial charge in [-0.2, -0.15) is 15.1 Å². The summed E-state index contributed by atoms with van der Waals surface area (Å²) in [7, 11) is 1.98. The molecule has 1 heterocycles. The first kappa shape index (κ1) is 31.8. The van der Waals surface area contributed by atoms with E-state index in [-0.39, 0.29) is 6.42 Å². The SMILES string of the molecule is CN(Cc1cccc(C2=CCC(N(C(=O)OC(C)(C)C)C(=O)OC(C)(C)C)N=N2)c1)CC(O)c1ccc2ccccc2c1. The lowest BCUT2D eigenvalue weighted by Crippen LogP contribution is -2.48. The smallest absolute Gasteiger partial charge is 0.421 e. The number of nitrogens with zero attached hydrogens (tertiary/aromatic N) is 4. The van der Waals surface area contributed by atoms with E-state index in [0.717, 1.165) is 32.4 Å². The molecule has 0 aliphatic carbocycles. The highest BCUT2D eigenvalue weighted by Gasteiger charge is 2.37. The van der Waals surface area contributed by atoms with E-state index in [9.17, 15) is 14.7 Å². The molecule has 1 N–H and O–H groups in total. The molecule has 0 saturated heterocycles. The number of imide groups is 1. The highest BCUT2D eigenvalue weighted by Crippen LogP contribution is 2.28. The van der Waals surface area contributed by atoms with Gasteiger partial charge in [-0.1, -0.05) is 60.7 Å². The fraction of sp³-hybridized carbons (Fsp3) is 0.412. The van der Waals surface area contributed by atoms with Crippen LogP contribution in [-0.2, 0) is 16.0 Å². The van der Waals surface area contributed by atoms with Crippen LogP contribution in [0.15, 0.2) is 83.0 Å². The summed E-state index contributed by atoms with van der Waals surface area (Å²) in [5.41, 5.74) is 1.84. The van der Waals surface area contributed by atoms with Crippen LogP contribution in [0.4, 0.5) is 9.59 Å². The maximum Gasteiger partial charge on any atom is 0.421 e. The summed E-state index contributed by atoms with van der Waals surface area (Å²) in [6.45, 7) is 11.5. The second-order valence-electron chi connectivity index (χ2n) is 12.9. The predicted octanol–water partition coefficient (Wildman–Crippen LogP) is 7.70. The fourth-order valence-corrected chi connectivity index (χ4v) is 4.73. The van der Waals surface area contributed by atoms with Gasteiger partial charge in [0.25, 0.3) is 0 Å². The van der Waals surface area contributed by atoms with Gasteiger partial charge in [0.05, 0.1) is 11.8 Å². The topological polar surface area (TPSA) is 104 Å². The van der Waals surface area contributed by atoms with Gasteiger partial charge in [-0.15, -0.1) is 0 Å². The van der Waals surface area contributed by atoms with Crippen molar-refractivity contribution < 1.29 is 24.2 Å². The number of aliphatic hydroxyl groups is 1. The van der Waals surface area contributed by atoms with Crippen molar-refractivity contribution in [2.75, 3.05) is 13.6 Å². The molecule has 0 saturated carbocycles. The number of ether oxygens (including phenoxy) is 2. The van der Waals surface area contributed by atoms with E-state index in [2.05, 4.69) is 21.2 Å². The molecule has 9 heteroatoms. The maximum atomic E-state index is 13.0. The Kier molecular flexibility index (Phi) is 9.67. The normalized spacial score (nSPS) is 16.1. The number of amides is 2. The Morgan fingerprint density at radius 3 is 2.16 bits per heavy atom. The summed E-state index contributed by atoms with van der Waals surface area (Å²) in [4.78, 5) is 28.9. The number of fused-ring (bicyclic) bond motifs is 1. The minimum Gasteiger partial charge on any atom is -0.443 e. The molecular weight excluding hydrogens is 544 g/mol. The number of carbonyl (C=O) groups excluding carboxylic acids is 2.